The third-order valence-corrected chi connectivity index (χ3v) is 3.71. The Balaban J connectivity index is 2.10. The van der Waals surface area contributed by atoms with Gasteiger partial charge in [0.25, 0.3) is 0 Å². The molecule has 0 amide bonds. The maximum Gasteiger partial charge on any atom is 0.129 e. The number of piperidine rings is 1. The van der Waals surface area contributed by atoms with Crippen molar-refractivity contribution in [3.8, 4) is 5.75 Å². The molecule has 0 aromatic heterocycles. The largest absolute Gasteiger partial charge is 0.507 e. The van der Waals surface area contributed by atoms with E-state index in [1.54, 1.807) is 6.07 Å². The average molecular weight is 286 g/mol. The molecule has 1 aliphatic heterocycles. The smallest absolute Gasteiger partial charge is 0.129 e. The highest BCUT2D eigenvalue weighted by Gasteiger charge is 2.29. The lowest BCUT2D eigenvalue weighted by Gasteiger charge is -2.32. The molecule has 0 radical (unpaired) electrons. The average Bonchev–Trinajstić information content (AvgIpc) is 2.24. The zero-order valence-electron chi connectivity index (χ0n) is 9.04. The number of aliphatic hydroxyl groups is 1. The van der Waals surface area contributed by atoms with Gasteiger partial charge in [0.15, 0.2) is 0 Å². The van der Waals surface area contributed by atoms with Crippen LogP contribution in [0.4, 0.5) is 0 Å². The van der Waals surface area contributed by atoms with Gasteiger partial charge in [-0.3, -0.25) is 0 Å². The first-order valence-electron chi connectivity index (χ1n) is 5.50. The van der Waals surface area contributed by atoms with E-state index in [0.717, 1.165) is 31.5 Å². The molecule has 0 bridgehead atoms. The highest BCUT2D eigenvalue weighted by Crippen LogP contribution is 2.28. The van der Waals surface area contributed by atoms with E-state index >= 15 is 0 Å². The van der Waals surface area contributed by atoms with Gasteiger partial charge in [-0.05, 0) is 59.6 Å². The van der Waals surface area contributed by atoms with Crippen LogP contribution in [0.2, 0.25) is 0 Å². The normalized spacial score (nSPS) is 19.6. The molecule has 0 saturated carbocycles. The summed E-state index contributed by atoms with van der Waals surface area (Å²) in [5.41, 5.74) is 0.454. The molecule has 88 valence electrons. The van der Waals surface area contributed by atoms with Gasteiger partial charge < -0.3 is 15.5 Å². The monoisotopic (exact) mass is 285 g/mol. The number of hydrogen-bond donors (Lipinski definition) is 3. The van der Waals surface area contributed by atoms with Crippen LogP contribution in [0.5, 0.6) is 5.75 Å². The van der Waals surface area contributed by atoms with Crippen LogP contribution >= 0.6 is 15.9 Å². The summed E-state index contributed by atoms with van der Waals surface area (Å²) in [6.07, 6.45) is 2.21. The molecule has 0 aliphatic carbocycles. The number of halogens is 1. The highest BCUT2D eigenvalue weighted by molar-refractivity contribution is 9.10. The first-order chi connectivity index (χ1) is 7.59. The van der Waals surface area contributed by atoms with Crippen molar-refractivity contribution in [2.75, 3.05) is 13.1 Å². The van der Waals surface area contributed by atoms with Gasteiger partial charge in [0.1, 0.15) is 5.75 Å². The maximum atomic E-state index is 10.4. The number of phenols is 1. The van der Waals surface area contributed by atoms with E-state index in [0.29, 0.717) is 10.9 Å². The lowest BCUT2D eigenvalue weighted by Crippen LogP contribution is -2.43. The second-order valence-corrected chi connectivity index (χ2v) is 5.29. The molecule has 4 heteroatoms. The van der Waals surface area contributed by atoms with E-state index in [9.17, 15) is 10.2 Å². The first-order valence-corrected chi connectivity index (χ1v) is 6.29. The Hall–Kier alpha value is -0.580. The summed E-state index contributed by atoms with van der Waals surface area (Å²) in [6, 6.07) is 5.39. The standard InChI is InChI=1S/C12H16BrNO2/c13-10-7-9(1-2-11(10)15)8-12(16)3-5-14-6-4-12/h1-2,7,14-16H,3-6,8H2. The van der Waals surface area contributed by atoms with Gasteiger partial charge in [0.05, 0.1) is 10.1 Å². The number of rotatable bonds is 2. The minimum absolute atomic E-state index is 0.237. The molecule has 3 N–H and O–H groups in total. The molecule has 1 aliphatic rings. The van der Waals surface area contributed by atoms with Crippen LogP contribution in [0.1, 0.15) is 18.4 Å². The number of benzene rings is 1. The summed E-state index contributed by atoms with van der Waals surface area (Å²) in [7, 11) is 0. The van der Waals surface area contributed by atoms with Crippen LogP contribution < -0.4 is 5.32 Å². The zero-order chi connectivity index (χ0) is 11.6. The number of nitrogens with one attached hydrogen (secondary N) is 1. The summed E-state index contributed by atoms with van der Waals surface area (Å²) >= 11 is 3.28. The lowest BCUT2D eigenvalue weighted by molar-refractivity contribution is 0.0108. The molecule has 3 nitrogen and oxygen atoms in total. The van der Waals surface area contributed by atoms with Crippen LogP contribution in [0.15, 0.2) is 22.7 Å². The van der Waals surface area contributed by atoms with E-state index in [1.807, 2.05) is 12.1 Å². The predicted octanol–water partition coefficient (Wildman–Crippen LogP) is 1.81. The number of hydrogen-bond acceptors (Lipinski definition) is 3. The van der Waals surface area contributed by atoms with E-state index in [2.05, 4.69) is 21.2 Å². The summed E-state index contributed by atoms with van der Waals surface area (Å²) in [5.74, 6) is 0.237. The Bertz CT molecular complexity index is 375. The fourth-order valence-corrected chi connectivity index (χ4v) is 2.54. The second kappa shape index (κ2) is 4.73. The van der Waals surface area contributed by atoms with Crippen molar-refractivity contribution in [3.63, 3.8) is 0 Å². The van der Waals surface area contributed by atoms with Gasteiger partial charge in [-0.15, -0.1) is 0 Å². The van der Waals surface area contributed by atoms with Crippen molar-refractivity contribution in [1.29, 1.82) is 0 Å². The van der Waals surface area contributed by atoms with Crippen LogP contribution in [0, 0.1) is 0 Å². The molecule has 1 aromatic carbocycles. The van der Waals surface area contributed by atoms with Crippen LogP contribution in [-0.4, -0.2) is 28.9 Å². The molecule has 1 saturated heterocycles. The quantitative estimate of drug-likeness (QED) is 0.777. The topological polar surface area (TPSA) is 52.5 Å². The molecule has 1 aromatic rings. The van der Waals surface area contributed by atoms with Crippen molar-refractivity contribution in [2.24, 2.45) is 0 Å². The number of phenolic OH excluding ortho intramolecular Hbond substituents is 1. The van der Waals surface area contributed by atoms with Crippen molar-refractivity contribution in [2.45, 2.75) is 24.9 Å². The molecular formula is C12H16BrNO2. The van der Waals surface area contributed by atoms with E-state index in [1.165, 1.54) is 0 Å². The Labute approximate surface area is 104 Å². The zero-order valence-corrected chi connectivity index (χ0v) is 10.6. The van der Waals surface area contributed by atoms with Gasteiger partial charge in [0, 0.05) is 6.42 Å². The Morgan fingerprint density at radius 2 is 2.00 bits per heavy atom. The Kier molecular flexibility index (Phi) is 3.52. The van der Waals surface area contributed by atoms with E-state index in [4.69, 9.17) is 0 Å². The lowest BCUT2D eigenvalue weighted by atomic mass is 9.86. The maximum absolute atomic E-state index is 10.4. The first kappa shape index (κ1) is 11.9. The molecular weight excluding hydrogens is 270 g/mol. The van der Waals surface area contributed by atoms with Crippen molar-refractivity contribution >= 4 is 15.9 Å². The summed E-state index contributed by atoms with van der Waals surface area (Å²) in [5, 5.41) is 23.0. The fraction of sp³-hybridized carbons (Fsp3) is 0.500. The minimum atomic E-state index is -0.596. The van der Waals surface area contributed by atoms with Crippen molar-refractivity contribution in [3.05, 3.63) is 28.2 Å². The molecule has 0 spiro atoms. The van der Waals surface area contributed by atoms with Crippen molar-refractivity contribution < 1.29 is 10.2 Å². The number of aromatic hydroxyl groups is 1. The van der Waals surface area contributed by atoms with Crippen LogP contribution in [-0.2, 0) is 6.42 Å². The summed E-state index contributed by atoms with van der Waals surface area (Å²) in [6.45, 7) is 1.74. The van der Waals surface area contributed by atoms with Gasteiger partial charge in [-0.25, -0.2) is 0 Å². The highest BCUT2D eigenvalue weighted by atomic mass is 79.9. The van der Waals surface area contributed by atoms with Crippen LogP contribution in [0.3, 0.4) is 0 Å². The third-order valence-electron chi connectivity index (χ3n) is 3.08. The summed E-state index contributed by atoms with van der Waals surface area (Å²) < 4.78 is 0.683. The van der Waals surface area contributed by atoms with E-state index in [-0.39, 0.29) is 5.75 Å². The van der Waals surface area contributed by atoms with Crippen LogP contribution in [0.25, 0.3) is 0 Å². The Morgan fingerprint density at radius 3 is 2.62 bits per heavy atom. The SMILES string of the molecule is Oc1ccc(CC2(O)CCNCC2)cc1Br. The fourth-order valence-electron chi connectivity index (χ4n) is 2.11. The van der Waals surface area contributed by atoms with Gasteiger partial charge >= 0.3 is 0 Å². The van der Waals surface area contributed by atoms with Gasteiger partial charge in [-0.2, -0.15) is 0 Å². The van der Waals surface area contributed by atoms with Crippen molar-refractivity contribution in [1.82, 2.24) is 5.32 Å². The second-order valence-electron chi connectivity index (χ2n) is 4.44. The summed E-state index contributed by atoms with van der Waals surface area (Å²) in [4.78, 5) is 0. The Morgan fingerprint density at radius 1 is 1.31 bits per heavy atom. The van der Waals surface area contributed by atoms with E-state index < -0.39 is 5.60 Å². The molecule has 0 unspecified atom stereocenters. The molecule has 16 heavy (non-hydrogen) atoms. The minimum Gasteiger partial charge on any atom is -0.507 e. The van der Waals surface area contributed by atoms with Gasteiger partial charge in [0.2, 0.25) is 0 Å². The molecule has 1 heterocycles. The molecule has 2 rings (SSSR count). The molecule has 1 fully saturated rings. The molecule has 0 atom stereocenters. The van der Waals surface area contributed by atoms with Gasteiger partial charge in [-0.1, -0.05) is 6.07 Å². The third kappa shape index (κ3) is 2.75. The predicted molar refractivity (Wildman–Crippen MR) is 66.6 cm³/mol.